The summed E-state index contributed by atoms with van der Waals surface area (Å²) in [4.78, 5) is 27.5. The third-order valence-corrected chi connectivity index (χ3v) is 7.26. The summed E-state index contributed by atoms with van der Waals surface area (Å²) in [6, 6.07) is 23.2. The summed E-state index contributed by atoms with van der Waals surface area (Å²) in [5.74, 6) is -0.0407. The Balaban J connectivity index is 1.37. The van der Waals surface area contributed by atoms with Crippen molar-refractivity contribution < 1.29 is 23.5 Å². The monoisotopic (exact) mass is 533 g/mol. The molecule has 0 N–H and O–H groups in total. The lowest BCUT2D eigenvalue weighted by molar-refractivity contribution is -0.123. The number of hydrogen-bond donors (Lipinski definition) is 0. The van der Waals surface area contributed by atoms with E-state index in [1.165, 1.54) is 24.1 Å². The van der Waals surface area contributed by atoms with Crippen LogP contribution in [0.3, 0.4) is 0 Å². The number of benzene rings is 4. The van der Waals surface area contributed by atoms with Crippen LogP contribution in [0.1, 0.15) is 16.7 Å². The Bertz CT molecular complexity index is 1530. The van der Waals surface area contributed by atoms with Gasteiger partial charge in [-0.2, -0.15) is 0 Å². The number of amides is 2. The van der Waals surface area contributed by atoms with E-state index in [-0.39, 0.29) is 34.9 Å². The van der Waals surface area contributed by atoms with E-state index in [1.807, 2.05) is 42.5 Å². The van der Waals surface area contributed by atoms with Gasteiger partial charge in [0.05, 0.1) is 23.6 Å². The molecule has 4 aromatic rings. The van der Waals surface area contributed by atoms with E-state index < -0.39 is 5.82 Å². The fraction of sp³-hybridized carbons (Fsp3) is 0.103. The number of ether oxygens (including phenoxy) is 2. The van der Waals surface area contributed by atoms with Crippen LogP contribution >= 0.6 is 23.4 Å². The molecule has 1 aliphatic heterocycles. The Morgan fingerprint density at radius 1 is 0.973 bits per heavy atom. The predicted molar refractivity (Wildman–Crippen MR) is 144 cm³/mol. The molecule has 2 amide bonds. The third-order valence-electron chi connectivity index (χ3n) is 6.00. The smallest absolute Gasteiger partial charge is 0.293 e. The van der Waals surface area contributed by atoms with Gasteiger partial charge in [0.2, 0.25) is 0 Å². The van der Waals surface area contributed by atoms with E-state index in [0.717, 1.165) is 28.1 Å². The van der Waals surface area contributed by atoms with E-state index in [1.54, 1.807) is 30.3 Å². The van der Waals surface area contributed by atoms with Crippen molar-refractivity contribution in [2.45, 2.75) is 13.2 Å². The number of imide groups is 1. The molecule has 186 valence electrons. The summed E-state index contributed by atoms with van der Waals surface area (Å²) >= 11 is 7.00. The van der Waals surface area contributed by atoms with Gasteiger partial charge in [-0.1, -0.05) is 66.2 Å². The molecule has 0 saturated carbocycles. The van der Waals surface area contributed by atoms with Gasteiger partial charge < -0.3 is 9.47 Å². The second kappa shape index (κ2) is 10.7. The fourth-order valence-electron chi connectivity index (χ4n) is 4.10. The zero-order valence-electron chi connectivity index (χ0n) is 19.7. The molecule has 4 aromatic carbocycles. The van der Waals surface area contributed by atoms with Crippen molar-refractivity contribution in [3.8, 4) is 11.5 Å². The second-order valence-electron chi connectivity index (χ2n) is 8.31. The maximum atomic E-state index is 14.2. The third kappa shape index (κ3) is 5.19. The Hall–Kier alpha value is -3.81. The largest absolute Gasteiger partial charge is 0.493 e. The van der Waals surface area contributed by atoms with E-state index in [4.69, 9.17) is 21.1 Å². The average molecular weight is 534 g/mol. The van der Waals surface area contributed by atoms with E-state index in [9.17, 15) is 14.0 Å². The lowest BCUT2D eigenvalue weighted by Crippen LogP contribution is -2.27. The second-order valence-corrected chi connectivity index (χ2v) is 9.71. The van der Waals surface area contributed by atoms with Gasteiger partial charge >= 0.3 is 0 Å². The molecule has 5 nitrogen and oxygen atoms in total. The van der Waals surface area contributed by atoms with Crippen LogP contribution in [0.25, 0.3) is 16.8 Å². The summed E-state index contributed by atoms with van der Waals surface area (Å²) in [6.45, 7) is 0.0800. The van der Waals surface area contributed by atoms with E-state index in [2.05, 4.69) is 0 Å². The number of fused-ring (bicyclic) bond motifs is 1. The van der Waals surface area contributed by atoms with Gasteiger partial charge in [-0.15, -0.1) is 0 Å². The molecule has 0 atom stereocenters. The molecule has 1 aliphatic rings. The normalized spacial score (nSPS) is 14.6. The van der Waals surface area contributed by atoms with Gasteiger partial charge in [0.25, 0.3) is 11.1 Å². The molecule has 1 saturated heterocycles. The molecule has 5 rings (SSSR count). The number of carbonyl (C=O) groups excluding carboxylic acids is 2. The molecule has 0 aromatic heterocycles. The Labute approximate surface area is 222 Å². The number of rotatable bonds is 7. The number of hydrogen-bond acceptors (Lipinski definition) is 5. The molecule has 8 heteroatoms. The molecular weight excluding hydrogens is 513 g/mol. The maximum Gasteiger partial charge on any atom is 0.293 e. The first-order valence-electron chi connectivity index (χ1n) is 11.4. The minimum atomic E-state index is -0.470. The molecule has 37 heavy (non-hydrogen) atoms. The molecule has 0 bridgehead atoms. The highest BCUT2D eigenvalue weighted by atomic mass is 35.5. The van der Waals surface area contributed by atoms with Crippen LogP contribution in [-0.4, -0.2) is 23.2 Å². The maximum absolute atomic E-state index is 14.2. The summed E-state index contributed by atoms with van der Waals surface area (Å²) in [5, 5.41) is 1.98. The highest BCUT2D eigenvalue weighted by molar-refractivity contribution is 8.18. The lowest BCUT2D eigenvalue weighted by Gasteiger charge is -2.14. The predicted octanol–water partition coefficient (Wildman–Crippen LogP) is 7.46. The highest BCUT2D eigenvalue weighted by Crippen LogP contribution is 2.36. The van der Waals surface area contributed by atoms with Crippen molar-refractivity contribution in [2.24, 2.45) is 0 Å². The average Bonchev–Trinajstić information content (AvgIpc) is 3.16. The quantitative estimate of drug-likeness (QED) is 0.231. The van der Waals surface area contributed by atoms with Crippen molar-refractivity contribution >= 4 is 51.4 Å². The number of nitrogens with zero attached hydrogens (tertiary/aromatic N) is 1. The Morgan fingerprint density at radius 2 is 1.76 bits per heavy atom. The first kappa shape index (κ1) is 24.9. The van der Waals surface area contributed by atoms with Crippen molar-refractivity contribution in [1.29, 1.82) is 0 Å². The van der Waals surface area contributed by atoms with Crippen LogP contribution in [-0.2, 0) is 17.9 Å². The van der Waals surface area contributed by atoms with Crippen LogP contribution in [0, 0.1) is 5.82 Å². The van der Waals surface area contributed by atoms with Crippen molar-refractivity contribution in [2.75, 3.05) is 7.11 Å². The van der Waals surface area contributed by atoms with Crippen LogP contribution in [0.4, 0.5) is 9.18 Å². The minimum absolute atomic E-state index is 0.104. The summed E-state index contributed by atoms with van der Waals surface area (Å²) in [5.41, 5.74) is 1.76. The number of carbonyl (C=O) groups is 2. The SMILES string of the molecule is COc1ccc(/C=C2/SC(=O)N(Cc3cccc4ccccc34)C2=O)cc1OCc1c(F)cccc1Cl. The molecule has 1 heterocycles. The van der Waals surface area contributed by atoms with Gasteiger partial charge in [-0.3, -0.25) is 14.5 Å². The molecule has 0 aliphatic carbocycles. The van der Waals surface area contributed by atoms with Crippen molar-refractivity contribution in [1.82, 2.24) is 4.90 Å². The summed E-state index contributed by atoms with van der Waals surface area (Å²) in [7, 11) is 1.50. The molecule has 1 fully saturated rings. The van der Waals surface area contributed by atoms with Crippen LogP contribution in [0.2, 0.25) is 5.02 Å². The zero-order valence-corrected chi connectivity index (χ0v) is 21.3. The van der Waals surface area contributed by atoms with Crippen LogP contribution < -0.4 is 9.47 Å². The summed E-state index contributed by atoms with van der Waals surface area (Å²) < 4.78 is 25.4. The summed E-state index contributed by atoms with van der Waals surface area (Å²) in [6.07, 6.45) is 1.64. The van der Waals surface area contributed by atoms with Gasteiger partial charge in [0.15, 0.2) is 11.5 Å². The Kier molecular flexibility index (Phi) is 7.17. The lowest BCUT2D eigenvalue weighted by atomic mass is 10.0. The molecular formula is C29H21ClFNO4S. The van der Waals surface area contributed by atoms with Gasteiger partial charge in [0.1, 0.15) is 12.4 Å². The first-order chi connectivity index (χ1) is 17.9. The molecule has 0 radical (unpaired) electrons. The number of halogens is 2. The van der Waals surface area contributed by atoms with Crippen LogP contribution in [0.15, 0.2) is 83.8 Å². The van der Waals surface area contributed by atoms with Crippen molar-refractivity contribution in [3.63, 3.8) is 0 Å². The standard InChI is InChI=1S/C29H21ClFNO4S/c1-35-25-13-12-18(14-26(25)36-17-22-23(30)10-5-11-24(22)31)15-27-28(33)32(29(34)37-27)16-20-8-4-7-19-6-2-3-9-21(19)20/h2-15H,16-17H2,1H3/b27-15+. The number of thioether (sulfide) groups is 1. The van der Waals surface area contributed by atoms with E-state index >= 15 is 0 Å². The number of methoxy groups -OCH3 is 1. The zero-order chi connectivity index (χ0) is 25.9. The van der Waals surface area contributed by atoms with Gasteiger partial charge in [0, 0.05) is 5.56 Å². The van der Waals surface area contributed by atoms with Gasteiger partial charge in [-0.25, -0.2) is 4.39 Å². The van der Waals surface area contributed by atoms with Gasteiger partial charge in [-0.05, 0) is 64.0 Å². The van der Waals surface area contributed by atoms with E-state index in [0.29, 0.717) is 22.0 Å². The highest BCUT2D eigenvalue weighted by Gasteiger charge is 2.35. The molecule has 0 spiro atoms. The van der Waals surface area contributed by atoms with Crippen molar-refractivity contribution in [3.05, 3.63) is 111 Å². The first-order valence-corrected chi connectivity index (χ1v) is 12.6. The Morgan fingerprint density at radius 3 is 2.57 bits per heavy atom. The van der Waals surface area contributed by atoms with Crippen LogP contribution in [0.5, 0.6) is 11.5 Å². The fourth-order valence-corrected chi connectivity index (χ4v) is 5.16. The molecule has 0 unspecified atom stereocenters. The minimum Gasteiger partial charge on any atom is -0.493 e. The topological polar surface area (TPSA) is 55.8 Å².